The normalized spacial score (nSPS) is 13.3. The van der Waals surface area contributed by atoms with Crippen LogP contribution in [0.3, 0.4) is 0 Å². The number of aliphatic imine (C=N–C) groups is 1. The second-order valence-electron chi connectivity index (χ2n) is 7.17. The Bertz CT molecular complexity index is 1240. The number of carbonyl (C=O) groups is 3. The minimum absolute atomic E-state index is 0.0296. The van der Waals surface area contributed by atoms with Crippen LogP contribution >= 0.6 is 0 Å². The van der Waals surface area contributed by atoms with E-state index in [9.17, 15) is 22.8 Å². The number of amidine groups is 1. The number of rotatable bonds is 8. The van der Waals surface area contributed by atoms with Crippen LogP contribution in [0.1, 0.15) is 28.8 Å². The third kappa shape index (κ3) is 7.01. The van der Waals surface area contributed by atoms with E-state index in [1.54, 1.807) is 24.3 Å². The fourth-order valence-corrected chi connectivity index (χ4v) is 4.11. The lowest BCUT2D eigenvalue weighted by Crippen LogP contribution is -2.29. The van der Waals surface area contributed by atoms with E-state index in [1.807, 2.05) is 0 Å². The molecule has 34 heavy (non-hydrogen) atoms. The average molecular weight is 486 g/mol. The molecular weight excluding hydrogens is 462 g/mol. The maximum absolute atomic E-state index is 12.5. The third-order valence-electron chi connectivity index (χ3n) is 4.64. The van der Waals surface area contributed by atoms with Gasteiger partial charge in [0.05, 0.1) is 17.6 Å². The molecule has 0 bridgehead atoms. The summed E-state index contributed by atoms with van der Waals surface area (Å²) >= 11 is 0. The fraction of sp³-hybridized carbons (Fsp3) is 0.217. The van der Waals surface area contributed by atoms with Crippen LogP contribution in [0.15, 0.2) is 64.5 Å². The van der Waals surface area contributed by atoms with Gasteiger partial charge < -0.3 is 14.8 Å². The lowest BCUT2D eigenvalue weighted by atomic mass is 10.1. The zero-order valence-electron chi connectivity index (χ0n) is 18.3. The van der Waals surface area contributed by atoms with Gasteiger partial charge in [-0.05, 0) is 48.4 Å². The third-order valence-corrected chi connectivity index (χ3v) is 6.02. The molecule has 2 N–H and O–H groups in total. The van der Waals surface area contributed by atoms with Crippen molar-refractivity contribution in [2.24, 2.45) is 4.99 Å². The number of methoxy groups -OCH3 is 1. The molecule has 0 unspecified atom stereocenters. The van der Waals surface area contributed by atoms with Crippen molar-refractivity contribution in [2.75, 3.05) is 25.6 Å². The van der Waals surface area contributed by atoms with Crippen molar-refractivity contribution in [3.63, 3.8) is 0 Å². The topological polar surface area (TPSA) is 140 Å². The summed E-state index contributed by atoms with van der Waals surface area (Å²) in [6.07, 6.45) is 3.97. The second-order valence-corrected chi connectivity index (χ2v) is 8.85. The van der Waals surface area contributed by atoms with E-state index in [0.29, 0.717) is 29.9 Å². The van der Waals surface area contributed by atoms with Crippen LogP contribution in [0.2, 0.25) is 0 Å². The van der Waals surface area contributed by atoms with E-state index in [2.05, 4.69) is 19.8 Å². The van der Waals surface area contributed by atoms with Crippen LogP contribution in [0.4, 0.5) is 5.69 Å². The Morgan fingerprint density at radius 1 is 1.12 bits per heavy atom. The highest BCUT2D eigenvalue weighted by Crippen LogP contribution is 2.16. The van der Waals surface area contributed by atoms with Crippen molar-refractivity contribution in [1.82, 2.24) is 4.72 Å². The van der Waals surface area contributed by atoms with Crippen molar-refractivity contribution in [1.29, 1.82) is 0 Å². The molecule has 10 nitrogen and oxygen atoms in total. The van der Waals surface area contributed by atoms with Crippen molar-refractivity contribution in [2.45, 2.75) is 17.7 Å². The first-order valence-electron chi connectivity index (χ1n) is 10.3. The molecule has 0 radical (unpaired) electrons. The van der Waals surface area contributed by atoms with Crippen molar-refractivity contribution in [3.05, 3.63) is 65.7 Å². The Morgan fingerprint density at radius 2 is 1.88 bits per heavy atom. The largest absolute Gasteiger partial charge is 0.465 e. The zero-order chi connectivity index (χ0) is 24.6. The minimum Gasteiger partial charge on any atom is -0.465 e. The Balaban J connectivity index is 1.51. The minimum atomic E-state index is -3.82. The summed E-state index contributed by atoms with van der Waals surface area (Å²) in [6, 6.07) is 12.1. The zero-order valence-corrected chi connectivity index (χ0v) is 19.1. The van der Waals surface area contributed by atoms with Gasteiger partial charge in [0.15, 0.2) is 6.61 Å². The van der Waals surface area contributed by atoms with Gasteiger partial charge >= 0.3 is 11.9 Å². The fourth-order valence-electron chi connectivity index (χ4n) is 2.97. The summed E-state index contributed by atoms with van der Waals surface area (Å²) in [5.74, 6) is -1.44. The molecular formula is C23H23N3O7S. The van der Waals surface area contributed by atoms with E-state index < -0.39 is 34.5 Å². The number of ether oxygens (including phenoxy) is 2. The maximum atomic E-state index is 12.5. The molecule has 0 fully saturated rings. The molecule has 178 valence electrons. The summed E-state index contributed by atoms with van der Waals surface area (Å²) in [5, 5.41) is 2.49. The molecule has 0 aliphatic carbocycles. The van der Waals surface area contributed by atoms with Gasteiger partial charge in [-0.1, -0.05) is 18.2 Å². The molecule has 1 aliphatic rings. The van der Waals surface area contributed by atoms with E-state index in [4.69, 9.17) is 4.74 Å². The monoisotopic (exact) mass is 485 g/mol. The van der Waals surface area contributed by atoms with Crippen LogP contribution in [0, 0.1) is 0 Å². The molecule has 11 heteroatoms. The van der Waals surface area contributed by atoms with Crippen LogP contribution < -0.4 is 10.0 Å². The van der Waals surface area contributed by atoms with Crippen LogP contribution in [0.5, 0.6) is 0 Å². The maximum Gasteiger partial charge on any atom is 0.337 e. The smallest absolute Gasteiger partial charge is 0.337 e. The molecule has 3 rings (SSSR count). The second kappa shape index (κ2) is 11.2. The summed E-state index contributed by atoms with van der Waals surface area (Å²) in [6.45, 7) is 0.0278. The van der Waals surface area contributed by atoms with Crippen molar-refractivity contribution >= 4 is 45.5 Å². The number of hydrogen-bond donors (Lipinski definition) is 2. The Labute approximate surface area is 196 Å². The molecule has 1 aliphatic heterocycles. The number of carbonyl (C=O) groups excluding carboxylic acids is 3. The number of amides is 1. The van der Waals surface area contributed by atoms with Gasteiger partial charge in [-0.3, -0.25) is 14.5 Å². The molecule has 1 heterocycles. The number of benzene rings is 2. The van der Waals surface area contributed by atoms with Gasteiger partial charge in [-0.2, -0.15) is 0 Å². The molecule has 0 atom stereocenters. The predicted molar refractivity (Wildman–Crippen MR) is 125 cm³/mol. The van der Waals surface area contributed by atoms with Gasteiger partial charge in [0.2, 0.25) is 0 Å². The quantitative estimate of drug-likeness (QED) is 0.431. The average Bonchev–Trinajstić information content (AvgIpc) is 3.33. The molecule has 2 aromatic carbocycles. The molecule has 0 spiro atoms. The number of nitrogens with one attached hydrogen (secondary N) is 2. The first kappa shape index (κ1) is 24.6. The molecule has 1 amide bonds. The summed E-state index contributed by atoms with van der Waals surface area (Å²) in [4.78, 5) is 39.5. The number of sulfonamides is 1. The van der Waals surface area contributed by atoms with Crippen molar-refractivity contribution in [3.8, 4) is 0 Å². The molecule has 2 aromatic rings. The van der Waals surface area contributed by atoms with Gasteiger partial charge in [0.25, 0.3) is 15.9 Å². The van der Waals surface area contributed by atoms with Crippen LogP contribution in [-0.4, -0.2) is 52.4 Å². The number of esters is 2. The van der Waals surface area contributed by atoms with E-state index in [0.717, 1.165) is 12.5 Å². The highest BCUT2D eigenvalue weighted by atomic mass is 32.2. The molecule has 0 aromatic heterocycles. The number of hydrogen-bond acceptors (Lipinski definition) is 8. The first-order valence-corrected chi connectivity index (χ1v) is 11.7. The lowest BCUT2D eigenvalue weighted by Gasteiger charge is -2.10. The van der Waals surface area contributed by atoms with Gasteiger partial charge in [0.1, 0.15) is 5.84 Å². The van der Waals surface area contributed by atoms with Gasteiger partial charge in [0, 0.05) is 24.7 Å². The summed E-state index contributed by atoms with van der Waals surface area (Å²) < 4.78 is 36.9. The van der Waals surface area contributed by atoms with Crippen LogP contribution in [0.25, 0.3) is 6.08 Å². The van der Waals surface area contributed by atoms with Gasteiger partial charge in [-0.25, -0.2) is 18.0 Å². The Morgan fingerprint density at radius 3 is 2.56 bits per heavy atom. The summed E-state index contributed by atoms with van der Waals surface area (Å²) in [7, 11) is -2.54. The van der Waals surface area contributed by atoms with E-state index in [1.165, 1.54) is 37.5 Å². The predicted octanol–water partition coefficient (Wildman–Crippen LogP) is 2.14. The molecule has 0 saturated carbocycles. The highest BCUT2D eigenvalue weighted by Gasteiger charge is 2.19. The number of nitrogens with zero attached hydrogens (tertiary/aromatic N) is 1. The standard InChI is InChI=1S/C23H23N3O7S/c1-32-23(29)17-10-7-16(8-11-17)9-12-22(28)33-15-21(27)25-18-4-2-5-19(14-18)34(30,31)26-20-6-3-13-24-20/h2,4-5,7-12,14H,3,6,13,15H2,1H3,(H,24,26)(H,25,27)/b12-9+. The Kier molecular flexibility index (Phi) is 8.14. The van der Waals surface area contributed by atoms with E-state index in [-0.39, 0.29) is 10.6 Å². The van der Waals surface area contributed by atoms with Crippen LogP contribution in [-0.2, 0) is 29.1 Å². The SMILES string of the molecule is COC(=O)c1ccc(/C=C/C(=O)OCC(=O)Nc2cccc(S(=O)(=O)NC3=NCCC3)c2)cc1. The summed E-state index contributed by atoms with van der Waals surface area (Å²) in [5.41, 5.74) is 1.25. The number of anilines is 1. The Hall–Kier alpha value is -3.99. The lowest BCUT2D eigenvalue weighted by molar-refractivity contribution is -0.142. The van der Waals surface area contributed by atoms with Gasteiger partial charge in [-0.15, -0.1) is 0 Å². The van der Waals surface area contributed by atoms with Crippen molar-refractivity contribution < 1.29 is 32.3 Å². The molecule has 0 saturated heterocycles. The van der Waals surface area contributed by atoms with E-state index >= 15 is 0 Å². The first-order chi connectivity index (χ1) is 16.3. The highest BCUT2D eigenvalue weighted by molar-refractivity contribution is 7.90.